The number of nitrogens with one attached hydrogen (secondary N) is 3. The quantitative estimate of drug-likeness (QED) is 0.348. The molecular formula is C32H45N5O8. The Hall–Kier alpha value is -3.71. The van der Waals surface area contributed by atoms with E-state index in [4.69, 9.17) is 9.47 Å². The molecule has 1 aromatic carbocycles. The number of carbonyl (C=O) groups excluding carboxylic acids is 5. The van der Waals surface area contributed by atoms with Gasteiger partial charge in [0.05, 0.1) is 6.61 Å². The van der Waals surface area contributed by atoms with E-state index in [2.05, 4.69) is 16.0 Å². The zero-order valence-electron chi connectivity index (χ0n) is 25.9. The summed E-state index contributed by atoms with van der Waals surface area (Å²) < 4.78 is 11.2. The fourth-order valence-electron chi connectivity index (χ4n) is 6.90. The second kappa shape index (κ2) is 14.6. The SMILES string of the molecule is C[C@@H]1NC(=O)COc2cccc(c2)CC2(CCN(C(=O)C3CCOCC3)CC2)CNC(=O)[C@H](CO)NC(=O)[C@@H]2CCCN2C1=O. The van der Waals surface area contributed by atoms with Gasteiger partial charge in [-0.3, -0.25) is 24.0 Å². The van der Waals surface area contributed by atoms with Crippen molar-refractivity contribution in [3.05, 3.63) is 29.8 Å². The van der Waals surface area contributed by atoms with Crippen LogP contribution in [0.15, 0.2) is 24.3 Å². The lowest BCUT2D eigenvalue weighted by atomic mass is 9.73. The van der Waals surface area contributed by atoms with Gasteiger partial charge in [0.15, 0.2) is 6.61 Å². The molecule has 5 rings (SSSR count). The number of aliphatic hydroxyl groups is 1. The number of hydrogen-bond acceptors (Lipinski definition) is 8. The van der Waals surface area contributed by atoms with Gasteiger partial charge in [0.25, 0.3) is 5.91 Å². The molecule has 3 fully saturated rings. The molecule has 0 aromatic heterocycles. The largest absolute Gasteiger partial charge is 0.484 e. The lowest BCUT2D eigenvalue weighted by Gasteiger charge is -2.43. The van der Waals surface area contributed by atoms with Crippen LogP contribution in [0.3, 0.4) is 0 Å². The fourth-order valence-corrected chi connectivity index (χ4v) is 6.90. The number of fused-ring (bicyclic) bond motifs is 3. The minimum atomic E-state index is -1.20. The van der Waals surface area contributed by atoms with E-state index in [1.807, 2.05) is 23.1 Å². The van der Waals surface area contributed by atoms with Crippen LogP contribution in [0.1, 0.15) is 51.0 Å². The number of nitrogens with zero attached hydrogens (tertiary/aromatic N) is 2. The molecule has 4 N–H and O–H groups in total. The summed E-state index contributed by atoms with van der Waals surface area (Å²) in [6.07, 6.45) is 4.31. The van der Waals surface area contributed by atoms with Crippen LogP contribution in [0.25, 0.3) is 0 Å². The second-order valence-corrected chi connectivity index (χ2v) is 12.8. The molecule has 3 atom stereocenters. The van der Waals surface area contributed by atoms with Gasteiger partial charge in [-0.15, -0.1) is 0 Å². The molecule has 4 heterocycles. The summed E-state index contributed by atoms with van der Waals surface area (Å²) in [4.78, 5) is 69.0. The highest BCUT2D eigenvalue weighted by atomic mass is 16.5. The van der Waals surface area contributed by atoms with Crippen molar-refractivity contribution < 1.29 is 38.6 Å². The topological polar surface area (TPSA) is 167 Å². The molecule has 0 unspecified atom stereocenters. The zero-order chi connectivity index (χ0) is 32.0. The lowest BCUT2D eigenvalue weighted by molar-refractivity contribution is -0.142. The van der Waals surface area contributed by atoms with Gasteiger partial charge in [-0.05, 0) is 75.0 Å². The molecule has 4 aliphatic heterocycles. The first-order valence-corrected chi connectivity index (χ1v) is 16.0. The molecule has 0 radical (unpaired) electrons. The van der Waals surface area contributed by atoms with Crippen molar-refractivity contribution in [3.8, 4) is 5.75 Å². The summed E-state index contributed by atoms with van der Waals surface area (Å²) >= 11 is 0. The number of benzene rings is 1. The molecule has 2 bridgehead atoms. The number of hydrogen-bond donors (Lipinski definition) is 4. The summed E-state index contributed by atoms with van der Waals surface area (Å²) in [6, 6.07) is 4.53. The van der Waals surface area contributed by atoms with Gasteiger partial charge in [-0.1, -0.05) is 12.1 Å². The van der Waals surface area contributed by atoms with Crippen molar-refractivity contribution in [2.24, 2.45) is 11.3 Å². The normalized spacial score (nSPS) is 27.3. The average molecular weight is 628 g/mol. The van der Waals surface area contributed by atoms with Crippen LogP contribution in [-0.2, 0) is 35.1 Å². The highest BCUT2D eigenvalue weighted by Crippen LogP contribution is 2.36. The third-order valence-corrected chi connectivity index (χ3v) is 9.59. The van der Waals surface area contributed by atoms with Gasteiger partial charge in [0, 0.05) is 45.3 Å². The molecule has 1 spiro atoms. The van der Waals surface area contributed by atoms with Crippen molar-refractivity contribution in [2.75, 3.05) is 52.6 Å². The number of piperidine rings is 1. The van der Waals surface area contributed by atoms with Crippen molar-refractivity contribution in [3.63, 3.8) is 0 Å². The molecule has 13 nitrogen and oxygen atoms in total. The Morgan fingerprint density at radius 1 is 1.02 bits per heavy atom. The number of ether oxygens (including phenoxy) is 2. The van der Waals surface area contributed by atoms with Crippen LogP contribution in [0.4, 0.5) is 0 Å². The fraction of sp³-hybridized carbons (Fsp3) is 0.656. The predicted molar refractivity (Wildman–Crippen MR) is 162 cm³/mol. The smallest absolute Gasteiger partial charge is 0.258 e. The van der Waals surface area contributed by atoms with E-state index < -0.39 is 53.8 Å². The minimum Gasteiger partial charge on any atom is -0.484 e. The average Bonchev–Trinajstić information content (AvgIpc) is 3.55. The van der Waals surface area contributed by atoms with E-state index in [0.717, 1.165) is 18.4 Å². The zero-order valence-corrected chi connectivity index (χ0v) is 25.9. The predicted octanol–water partition coefficient (Wildman–Crippen LogP) is -0.254. The van der Waals surface area contributed by atoms with Gasteiger partial charge in [-0.25, -0.2) is 0 Å². The Morgan fingerprint density at radius 2 is 1.78 bits per heavy atom. The summed E-state index contributed by atoms with van der Waals surface area (Å²) in [6.45, 7) is 3.57. The van der Waals surface area contributed by atoms with Gasteiger partial charge in [0.2, 0.25) is 23.6 Å². The van der Waals surface area contributed by atoms with Crippen LogP contribution >= 0.6 is 0 Å². The van der Waals surface area contributed by atoms with Crippen LogP contribution in [0.5, 0.6) is 5.75 Å². The van der Waals surface area contributed by atoms with E-state index in [1.54, 1.807) is 13.0 Å². The molecule has 0 saturated carbocycles. The monoisotopic (exact) mass is 627 g/mol. The first kappa shape index (κ1) is 32.7. The van der Waals surface area contributed by atoms with E-state index in [9.17, 15) is 29.1 Å². The maximum atomic E-state index is 13.3. The Kier molecular flexibility index (Phi) is 10.6. The van der Waals surface area contributed by atoms with Crippen molar-refractivity contribution in [2.45, 2.75) is 70.0 Å². The van der Waals surface area contributed by atoms with Gasteiger partial charge in [-0.2, -0.15) is 0 Å². The first-order valence-electron chi connectivity index (χ1n) is 16.0. The van der Waals surface area contributed by atoms with Crippen LogP contribution in [0, 0.1) is 11.3 Å². The first-order chi connectivity index (χ1) is 21.7. The molecule has 4 aliphatic rings. The highest BCUT2D eigenvalue weighted by molar-refractivity contribution is 5.94. The summed E-state index contributed by atoms with van der Waals surface area (Å²) in [5.41, 5.74) is 0.537. The molecule has 246 valence electrons. The maximum absolute atomic E-state index is 13.3. The standard InChI is InChI=1S/C32H45N5O8/c1-21-30(42)37-11-3-6-26(37)29(41)35-25(18-38)28(40)33-20-32(17-22-4-2-5-24(16-22)45-19-27(39)34-21)9-12-36(13-10-32)31(43)23-7-14-44-15-8-23/h2,4-5,16,21,23,25-26,38H,3,6-15,17-20H2,1H3,(H,33,40)(H,34,39)(H,35,41)/t21-,25-,26-/m0/s1. The lowest BCUT2D eigenvalue weighted by Crippen LogP contribution is -2.57. The highest BCUT2D eigenvalue weighted by Gasteiger charge is 2.40. The number of likely N-dealkylation sites (tertiary alicyclic amines) is 1. The van der Waals surface area contributed by atoms with Crippen molar-refractivity contribution in [1.29, 1.82) is 0 Å². The third kappa shape index (κ3) is 7.93. The van der Waals surface area contributed by atoms with Crippen molar-refractivity contribution >= 4 is 29.5 Å². The maximum Gasteiger partial charge on any atom is 0.258 e. The van der Waals surface area contributed by atoms with E-state index in [0.29, 0.717) is 70.7 Å². The molecule has 3 saturated heterocycles. The number of rotatable bonds is 2. The van der Waals surface area contributed by atoms with Gasteiger partial charge >= 0.3 is 0 Å². The van der Waals surface area contributed by atoms with Gasteiger partial charge in [0.1, 0.15) is 23.9 Å². The van der Waals surface area contributed by atoms with Crippen LogP contribution < -0.4 is 20.7 Å². The van der Waals surface area contributed by atoms with Crippen LogP contribution in [0.2, 0.25) is 0 Å². The van der Waals surface area contributed by atoms with E-state index in [1.165, 1.54) is 4.90 Å². The van der Waals surface area contributed by atoms with Gasteiger partial charge < -0.3 is 40.3 Å². The molecule has 45 heavy (non-hydrogen) atoms. The van der Waals surface area contributed by atoms with Crippen molar-refractivity contribution in [1.82, 2.24) is 25.8 Å². The number of amides is 5. The molecule has 5 amide bonds. The molecule has 0 aliphatic carbocycles. The molecule has 1 aromatic rings. The summed E-state index contributed by atoms with van der Waals surface area (Å²) in [7, 11) is 0. The Balaban J connectivity index is 1.36. The minimum absolute atomic E-state index is 0.0315. The number of aliphatic hydroxyl groups excluding tert-OH is 1. The number of carbonyl (C=O) groups is 5. The van der Waals surface area contributed by atoms with Crippen LogP contribution in [-0.4, -0.2) is 115 Å². The Labute approximate surface area is 263 Å². The Bertz CT molecular complexity index is 1260. The molecule has 13 heteroatoms. The summed E-state index contributed by atoms with van der Waals surface area (Å²) in [5.74, 6) is -1.30. The summed E-state index contributed by atoms with van der Waals surface area (Å²) in [5, 5.41) is 18.3. The second-order valence-electron chi connectivity index (χ2n) is 12.8. The molecular weight excluding hydrogens is 582 g/mol. The third-order valence-electron chi connectivity index (χ3n) is 9.59. The Morgan fingerprint density at radius 3 is 2.51 bits per heavy atom. The van der Waals surface area contributed by atoms with E-state index in [-0.39, 0.29) is 25.0 Å². The van der Waals surface area contributed by atoms with E-state index >= 15 is 0 Å².